The van der Waals surface area contributed by atoms with Crippen LogP contribution in [0, 0.1) is 0 Å². The van der Waals surface area contributed by atoms with Crippen LogP contribution in [0.2, 0.25) is 0 Å². The van der Waals surface area contributed by atoms with E-state index in [-0.39, 0.29) is 6.09 Å². The number of carbonyl (C=O) groups is 1. The van der Waals surface area contributed by atoms with Gasteiger partial charge in [-0.1, -0.05) is 30.3 Å². The van der Waals surface area contributed by atoms with E-state index in [1.165, 1.54) is 5.56 Å². The molecule has 0 aliphatic carbocycles. The molecule has 0 aromatic heterocycles. The fourth-order valence-corrected chi connectivity index (χ4v) is 2.67. The van der Waals surface area contributed by atoms with Crippen LogP contribution < -0.4 is 0 Å². The number of hydrogen-bond donors (Lipinski definition) is 0. The molecule has 0 N–H and O–H groups in total. The van der Waals surface area contributed by atoms with Crippen molar-refractivity contribution in [3.05, 3.63) is 35.9 Å². The van der Waals surface area contributed by atoms with E-state index in [0.29, 0.717) is 6.04 Å². The molecule has 1 amide bonds. The molecule has 122 valence electrons. The highest BCUT2D eigenvalue weighted by molar-refractivity contribution is 5.68. The van der Waals surface area contributed by atoms with Crippen molar-refractivity contribution in [2.45, 2.75) is 52.3 Å². The quantitative estimate of drug-likeness (QED) is 0.838. The van der Waals surface area contributed by atoms with Crippen LogP contribution in [-0.2, 0) is 11.3 Å². The highest BCUT2D eigenvalue weighted by atomic mass is 16.6. The van der Waals surface area contributed by atoms with Gasteiger partial charge >= 0.3 is 6.09 Å². The minimum absolute atomic E-state index is 0.193. The molecule has 1 aromatic carbocycles. The largest absolute Gasteiger partial charge is 0.444 e. The van der Waals surface area contributed by atoms with Crippen molar-refractivity contribution in [2.24, 2.45) is 0 Å². The van der Waals surface area contributed by atoms with E-state index in [9.17, 15) is 4.79 Å². The van der Waals surface area contributed by atoms with Crippen LogP contribution in [0.15, 0.2) is 30.3 Å². The van der Waals surface area contributed by atoms with Gasteiger partial charge in [0, 0.05) is 32.2 Å². The van der Waals surface area contributed by atoms with E-state index >= 15 is 0 Å². The van der Waals surface area contributed by atoms with Gasteiger partial charge < -0.3 is 9.64 Å². The molecule has 1 aliphatic heterocycles. The maximum Gasteiger partial charge on any atom is 0.410 e. The minimum Gasteiger partial charge on any atom is -0.444 e. The molecule has 4 heteroatoms. The van der Waals surface area contributed by atoms with Gasteiger partial charge in [-0.15, -0.1) is 0 Å². The molecule has 0 bridgehead atoms. The molecule has 0 spiro atoms. The molecule has 1 saturated heterocycles. The molecule has 22 heavy (non-hydrogen) atoms. The number of rotatable bonds is 2. The highest BCUT2D eigenvalue weighted by Crippen LogP contribution is 2.17. The monoisotopic (exact) mass is 304 g/mol. The Hall–Kier alpha value is -1.55. The number of nitrogens with zero attached hydrogens (tertiary/aromatic N) is 2. The number of amides is 1. The predicted molar refractivity (Wildman–Crippen MR) is 88.7 cm³/mol. The topological polar surface area (TPSA) is 32.8 Å². The first-order valence-corrected chi connectivity index (χ1v) is 8.11. The Morgan fingerprint density at radius 3 is 2.50 bits per heavy atom. The third-order valence-electron chi connectivity index (χ3n) is 3.98. The SMILES string of the molecule is C[C@@H]1CCN(C(=O)OC(C)(C)C)CCN1Cc1ccccc1. The van der Waals surface area contributed by atoms with Crippen LogP contribution >= 0.6 is 0 Å². The molecule has 1 atom stereocenters. The van der Waals surface area contributed by atoms with Gasteiger partial charge in [0.05, 0.1) is 0 Å². The summed E-state index contributed by atoms with van der Waals surface area (Å²) < 4.78 is 5.49. The van der Waals surface area contributed by atoms with Gasteiger partial charge in [0.25, 0.3) is 0 Å². The zero-order valence-corrected chi connectivity index (χ0v) is 14.2. The maximum absolute atomic E-state index is 12.2. The highest BCUT2D eigenvalue weighted by Gasteiger charge is 2.26. The number of ether oxygens (including phenoxy) is 1. The molecule has 4 nitrogen and oxygen atoms in total. The molecule has 0 radical (unpaired) electrons. The summed E-state index contributed by atoms with van der Waals surface area (Å²) in [6.07, 6.45) is 0.785. The van der Waals surface area contributed by atoms with E-state index < -0.39 is 5.60 Å². The average molecular weight is 304 g/mol. The molecule has 2 rings (SSSR count). The van der Waals surface area contributed by atoms with E-state index in [4.69, 9.17) is 4.74 Å². The Balaban J connectivity index is 1.94. The standard InChI is InChI=1S/C18H28N2O2/c1-15-10-11-19(17(21)22-18(2,3)4)12-13-20(15)14-16-8-6-5-7-9-16/h5-9,15H,10-14H2,1-4H3/t15-/m1/s1. The fourth-order valence-electron chi connectivity index (χ4n) is 2.67. The van der Waals surface area contributed by atoms with Crippen LogP contribution in [0.1, 0.15) is 39.7 Å². The molecular formula is C18H28N2O2. The molecule has 0 saturated carbocycles. The van der Waals surface area contributed by atoms with Gasteiger partial charge in [0.2, 0.25) is 0 Å². The first-order chi connectivity index (χ1) is 10.3. The van der Waals surface area contributed by atoms with Crippen LogP contribution in [0.5, 0.6) is 0 Å². The van der Waals surface area contributed by atoms with Gasteiger partial charge in [0.1, 0.15) is 5.60 Å². The lowest BCUT2D eigenvalue weighted by atomic mass is 10.1. The normalized spacial score (nSPS) is 20.5. The summed E-state index contributed by atoms with van der Waals surface area (Å²) in [6, 6.07) is 11.0. The van der Waals surface area contributed by atoms with Crippen LogP contribution in [0.3, 0.4) is 0 Å². The molecule has 1 fully saturated rings. The minimum atomic E-state index is -0.432. The van der Waals surface area contributed by atoms with Crippen LogP contribution in [0.25, 0.3) is 0 Å². The number of benzene rings is 1. The number of carbonyl (C=O) groups excluding carboxylic acids is 1. The van der Waals surface area contributed by atoms with Gasteiger partial charge in [-0.3, -0.25) is 4.90 Å². The first kappa shape index (κ1) is 16.8. The summed E-state index contributed by atoms with van der Waals surface area (Å²) in [6.45, 7) is 11.3. The molecule has 0 unspecified atom stereocenters. The second-order valence-corrected chi connectivity index (χ2v) is 7.06. The summed E-state index contributed by atoms with van der Waals surface area (Å²) in [5.41, 5.74) is 0.888. The lowest BCUT2D eigenvalue weighted by molar-refractivity contribution is 0.0257. The van der Waals surface area contributed by atoms with Crippen molar-refractivity contribution in [3.8, 4) is 0 Å². The summed E-state index contributed by atoms with van der Waals surface area (Å²) in [5, 5.41) is 0. The third kappa shape index (κ3) is 5.02. The molecule has 1 aliphatic rings. The Labute approximate surface area is 134 Å². The van der Waals surface area contributed by atoms with Crippen molar-refractivity contribution in [1.29, 1.82) is 0 Å². The molecular weight excluding hydrogens is 276 g/mol. The van der Waals surface area contributed by atoms with E-state index in [0.717, 1.165) is 32.6 Å². The molecule has 1 aromatic rings. The lowest BCUT2D eigenvalue weighted by Crippen LogP contribution is -2.39. The molecule has 1 heterocycles. The zero-order chi connectivity index (χ0) is 16.2. The van der Waals surface area contributed by atoms with Crippen molar-refractivity contribution in [2.75, 3.05) is 19.6 Å². The summed E-state index contributed by atoms with van der Waals surface area (Å²) in [4.78, 5) is 16.5. The predicted octanol–water partition coefficient (Wildman–Crippen LogP) is 3.52. The summed E-state index contributed by atoms with van der Waals surface area (Å²) in [7, 11) is 0. The van der Waals surface area contributed by atoms with Crippen molar-refractivity contribution in [3.63, 3.8) is 0 Å². The van der Waals surface area contributed by atoms with Gasteiger partial charge in [-0.25, -0.2) is 4.79 Å². The van der Waals surface area contributed by atoms with Crippen molar-refractivity contribution in [1.82, 2.24) is 9.80 Å². The Morgan fingerprint density at radius 1 is 1.18 bits per heavy atom. The smallest absolute Gasteiger partial charge is 0.410 e. The van der Waals surface area contributed by atoms with Crippen molar-refractivity contribution < 1.29 is 9.53 Å². The zero-order valence-electron chi connectivity index (χ0n) is 14.2. The first-order valence-electron chi connectivity index (χ1n) is 8.11. The lowest BCUT2D eigenvalue weighted by Gasteiger charge is -2.27. The van der Waals surface area contributed by atoms with Crippen LogP contribution in [0.4, 0.5) is 4.79 Å². The van der Waals surface area contributed by atoms with E-state index in [1.54, 1.807) is 0 Å². The Morgan fingerprint density at radius 2 is 1.86 bits per heavy atom. The summed E-state index contributed by atoms with van der Waals surface area (Å²) >= 11 is 0. The van der Waals surface area contributed by atoms with Crippen molar-refractivity contribution >= 4 is 6.09 Å². The second kappa shape index (κ2) is 7.14. The van der Waals surface area contributed by atoms with Crippen LogP contribution in [-0.4, -0.2) is 47.2 Å². The van der Waals surface area contributed by atoms with E-state index in [2.05, 4.69) is 36.1 Å². The average Bonchev–Trinajstić information content (AvgIpc) is 2.61. The van der Waals surface area contributed by atoms with E-state index in [1.807, 2.05) is 31.7 Å². The summed E-state index contributed by atoms with van der Waals surface area (Å²) in [5.74, 6) is 0. The maximum atomic E-state index is 12.2. The number of hydrogen-bond acceptors (Lipinski definition) is 3. The van der Waals surface area contributed by atoms with Gasteiger partial charge in [-0.05, 0) is 39.7 Å². The van der Waals surface area contributed by atoms with Gasteiger partial charge in [-0.2, -0.15) is 0 Å². The Bertz CT molecular complexity index is 482. The third-order valence-corrected chi connectivity index (χ3v) is 3.98. The fraction of sp³-hybridized carbons (Fsp3) is 0.611. The second-order valence-electron chi connectivity index (χ2n) is 7.06. The Kier molecular flexibility index (Phi) is 5.46. The van der Waals surface area contributed by atoms with Gasteiger partial charge in [0.15, 0.2) is 0 Å².